The number of ketones is 1. The lowest BCUT2D eigenvalue weighted by atomic mass is 10.1. The molecular weight excluding hydrogens is 278 g/mol. The molecule has 0 aromatic heterocycles. The molecule has 3 heteroatoms. The van der Waals surface area contributed by atoms with E-state index in [0.29, 0.717) is 12.6 Å². The normalized spacial score (nSPS) is 11.2. The smallest absolute Gasteiger partial charge is 0.176 e. The molecule has 0 bridgehead atoms. The molecule has 0 spiro atoms. The predicted octanol–water partition coefficient (Wildman–Crippen LogP) is 3.75. The summed E-state index contributed by atoms with van der Waals surface area (Å²) < 4.78 is 0.952. The zero-order chi connectivity index (χ0) is 12.8. The maximum absolute atomic E-state index is 12.1. The Kier molecular flexibility index (Phi) is 5.86. The van der Waals surface area contributed by atoms with Crippen LogP contribution in [0.3, 0.4) is 0 Å². The quantitative estimate of drug-likeness (QED) is 0.745. The van der Waals surface area contributed by atoms with Gasteiger partial charge in [-0.1, -0.05) is 41.9 Å². The molecule has 0 atom stereocenters. The van der Waals surface area contributed by atoms with E-state index in [0.717, 1.165) is 22.9 Å². The second-order valence-electron chi connectivity index (χ2n) is 4.32. The van der Waals surface area contributed by atoms with Gasteiger partial charge in [-0.15, -0.1) is 0 Å². The maximum atomic E-state index is 12.1. The molecule has 0 radical (unpaired) electrons. The van der Waals surface area contributed by atoms with Crippen molar-refractivity contribution in [2.75, 3.05) is 13.6 Å². The molecule has 0 aliphatic heterocycles. The van der Waals surface area contributed by atoms with Crippen molar-refractivity contribution in [2.24, 2.45) is 0 Å². The van der Waals surface area contributed by atoms with Crippen LogP contribution < -0.4 is 0 Å². The SMILES string of the molecule is CCC(CC)N(C)CC(=O)c1cccc(Br)c1. The Morgan fingerprint density at radius 2 is 2.00 bits per heavy atom. The van der Waals surface area contributed by atoms with Crippen LogP contribution in [0, 0.1) is 0 Å². The Morgan fingerprint density at radius 3 is 2.53 bits per heavy atom. The van der Waals surface area contributed by atoms with Crippen molar-refractivity contribution in [1.29, 1.82) is 0 Å². The molecule has 1 aromatic rings. The number of likely N-dealkylation sites (N-methyl/N-ethyl adjacent to an activating group) is 1. The molecule has 0 saturated heterocycles. The van der Waals surface area contributed by atoms with Gasteiger partial charge in [-0.05, 0) is 32.0 Å². The molecular formula is C14H20BrNO. The average molecular weight is 298 g/mol. The zero-order valence-electron chi connectivity index (χ0n) is 10.7. The van der Waals surface area contributed by atoms with Crippen LogP contribution in [0.4, 0.5) is 0 Å². The topological polar surface area (TPSA) is 20.3 Å². The highest BCUT2D eigenvalue weighted by atomic mass is 79.9. The molecule has 0 unspecified atom stereocenters. The fourth-order valence-electron chi connectivity index (χ4n) is 2.02. The summed E-state index contributed by atoms with van der Waals surface area (Å²) in [5.74, 6) is 0.181. The van der Waals surface area contributed by atoms with Gasteiger partial charge in [0, 0.05) is 16.1 Å². The number of hydrogen-bond acceptors (Lipinski definition) is 2. The van der Waals surface area contributed by atoms with Crippen molar-refractivity contribution in [2.45, 2.75) is 32.7 Å². The van der Waals surface area contributed by atoms with E-state index in [1.807, 2.05) is 31.3 Å². The minimum atomic E-state index is 0.181. The Hall–Kier alpha value is -0.670. The van der Waals surface area contributed by atoms with Gasteiger partial charge in [0.15, 0.2) is 5.78 Å². The van der Waals surface area contributed by atoms with Crippen LogP contribution in [-0.2, 0) is 0 Å². The van der Waals surface area contributed by atoms with E-state index >= 15 is 0 Å². The average Bonchev–Trinajstić information content (AvgIpc) is 2.30. The van der Waals surface area contributed by atoms with Crippen molar-refractivity contribution in [3.8, 4) is 0 Å². The van der Waals surface area contributed by atoms with Crippen LogP contribution in [0.2, 0.25) is 0 Å². The van der Waals surface area contributed by atoms with E-state index in [-0.39, 0.29) is 5.78 Å². The van der Waals surface area contributed by atoms with Crippen LogP contribution in [0.15, 0.2) is 28.7 Å². The molecule has 0 amide bonds. The highest BCUT2D eigenvalue weighted by Gasteiger charge is 2.15. The molecule has 0 aliphatic carbocycles. The third kappa shape index (κ3) is 4.25. The first-order valence-electron chi connectivity index (χ1n) is 6.07. The standard InChI is InChI=1S/C14H20BrNO/c1-4-13(5-2)16(3)10-14(17)11-7-6-8-12(15)9-11/h6-9,13H,4-5,10H2,1-3H3. The Morgan fingerprint density at radius 1 is 1.35 bits per heavy atom. The van der Waals surface area contributed by atoms with Crippen LogP contribution in [0.1, 0.15) is 37.0 Å². The molecule has 94 valence electrons. The molecule has 1 rings (SSSR count). The van der Waals surface area contributed by atoms with Crippen molar-refractivity contribution in [1.82, 2.24) is 4.90 Å². The number of rotatable bonds is 6. The third-order valence-electron chi connectivity index (χ3n) is 3.11. The fourth-order valence-corrected chi connectivity index (χ4v) is 2.42. The number of halogens is 1. The van der Waals surface area contributed by atoms with Crippen LogP contribution >= 0.6 is 15.9 Å². The Labute approximate surface area is 112 Å². The summed E-state index contributed by atoms with van der Waals surface area (Å²) >= 11 is 3.39. The molecule has 1 aromatic carbocycles. The van der Waals surface area contributed by atoms with E-state index < -0.39 is 0 Å². The van der Waals surface area contributed by atoms with Crippen molar-refractivity contribution < 1.29 is 4.79 Å². The summed E-state index contributed by atoms with van der Waals surface area (Å²) in [5.41, 5.74) is 0.775. The first-order chi connectivity index (χ1) is 8.08. The zero-order valence-corrected chi connectivity index (χ0v) is 12.3. The van der Waals surface area contributed by atoms with Gasteiger partial charge in [-0.25, -0.2) is 0 Å². The second kappa shape index (κ2) is 6.92. The second-order valence-corrected chi connectivity index (χ2v) is 5.23. The highest BCUT2D eigenvalue weighted by molar-refractivity contribution is 9.10. The summed E-state index contributed by atoms with van der Waals surface area (Å²) in [6.07, 6.45) is 2.16. The molecule has 0 saturated carbocycles. The Bertz CT molecular complexity index is 374. The number of benzene rings is 1. The molecule has 0 aliphatic rings. The van der Waals surface area contributed by atoms with Gasteiger partial charge in [0.1, 0.15) is 0 Å². The molecule has 2 nitrogen and oxygen atoms in total. The van der Waals surface area contributed by atoms with Crippen LogP contribution in [0.25, 0.3) is 0 Å². The van der Waals surface area contributed by atoms with Crippen molar-refractivity contribution in [3.63, 3.8) is 0 Å². The minimum absolute atomic E-state index is 0.181. The van der Waals surface area contributed by atoms with Crippen LogP contribution in [0.5, 0.6) is 0 Å². The largest absolute Gasteiger partial charge is 0.296 e. The maximum Gasteiger partial charge on any atom is 0.176 e. The van der Waals surface area contributed by atoms with Gasteiger partial charge in [0.05, 0.1) is 6.54 Å². The van der Waals surface area contributed by atoms with Gasteiger partial charge in [0.25, 0.3) is 0 Å². The van der Waals surface area contributed by atoms with E-state index in [2.05, 4.69) is 34.7 Å². The molecule has 17 heavy (non-hydrogen) atoms. The van der Waals surface area contributed by atoms with Gasteiger partial charge in [0.2, 0.25) is 0 Å². The minimum Gasteiger partial charge on any atom is -0.296 e. The number of nitrogens with zero attached hydrogens (tertiary/aromatic N) is 1. The first-order valence-corrected chi connectivity index (χ1v) is 6.86. The third-order valence-corrected chi connectivity index (χ3v) is 3.60. The number of hydrogen-bond donors (Lipinski definition) is 0. The summed E-state index contributed by atoms with van der Waals surface area (Å²) in [7, 11) is 2.02. The molecule has 0 N–H and O–H groups in total. The van der Waals surface area contributed by atoms with E-state index in [4.69, 9.17) is 0 Å². The Balaban J connectivity index is 2.66. The lowest BCUT2D eigenvalue weighted by molar-refractivity contribution is 0.0915. The number of carbonyl (C=O) groups is 1. The lowest BCUT2D eigenvalue weighted by Crippen LogP contribution is -2.35. The summed E-state index contributed by atoms with van der Waals surface area (Å²) in [5, 5.41) is 0. The van der Waals surface area contributed by atoms with Gasteiger partial charge in [-0.3, -0.25) is 9.69 Å². The van der Waals surface area contributed by atoms with E-state index in [1.54, 1.807) is 0 Å². The van der Waals surface area contributed by atoms with Crippen molar-refractivity contribution >= 4 is 21.7 Å². The highest BCUT2D eigenvalue weighted by Crippen LogP contribution is 2.13. The summed E-state index contributed by atoms with van der Waals surface area (Å²) in [6, 6.07) is 8.07. The predicted molar refractivity (Wildman–Crippen MR) is 75.5 cm³/mol. The van der Waals surface area contributed by atoms with E-state index in [1.165, 1.54) is 0 Å². The van der Waals surface area contributed by atoms with Gasteiger partial charge in [-0.2, -0.15) is 0 Å². The van der Waals surface area contributed by atoms with Gasteiger partial charge >= 0.3 is 0 Å². The van der Waals surface area contributed by atoms with E-state index in [9.17, 15) is 4.79 Å². The number of Topliss-reactive ketones (excluding diaryl/α,β-unsaturated/α-hetero) is 1. The van der Waals surface area contributed by atoms with Gasteiger partial charge < -0.3 is 0 Å². The summed E-state index contributed by atoms with van der Waals surface area (Å²) in [4.78, 5) is 14.2. The molecule has 0 heterocycles. The first kappa shape index (κ1) is 14.4. The van der Waals surface area contributed by atoms with Crippen molar-refractivity contribution in [3.05, 3.63) is 34.3 Å². The lowest BCUT2D eigenvalue weighted by Gasteiger charge is -2.25. The molecule has 0 fully saturated rings. The monoisotopic (exact) mass is 297 g/mol. The summed E-state index contributed by atoms with van der Waals surface area (Å²) in [6.45, 7) is 4.81. The number of carbonyl (C=O) groups excluding carboxylic acids is 1. The van der Waals surface area contributed by atoms with Crippen LogP contribution in [-0.4, -0.2) is 30.3 Å². The fraction of sp³-hybridized carbons (Fsp3) is 0.500.